The van der Waals surface area contributed by atoms with E-state index in [0.29, 0.717) is 12.0 Å². The van der Waals surface area contributed by atoms with E-state index >= 15 is 0 Å². The average molecular weight is 398 g/mol. The number of amides is 3. The largest absolute Gasteiger partial charge is 0.354 e. The summed E-state index contributed by atoms with van der Waals surface area (Å²) in [7, 11) is 0. The molecule has 1 atom stereocenters. The van der Waals surface area contributed by atoms with Gasteiger partial charge in [-0.05, 0) is 35.6 Å². The van der Waals surface area contributed by atoms with Crippen molar-refractivity contribution in [3.05, 3.63) is 70.8 Å². The number of carbonyl (C=O) groups excluding carboxylic acids is 3. The van der Waals surface area contributed by atoms with E-state index in [1.165, 1.54) is 12.1 Å². The third-order valence-corrected chi connectivity index (χ3v) is 6.13. The van der Waals surface area contributed by atoms with Gasteiger partial charge in [-0.25, -0.2) is 8.78 Å². The number of imide groups is 1. The van der Waals surface area contributed by atoms with Crippen LogP contribution in [0.4, 0.5) is 8.78 Å². The van der Waals surface area contributed by atoms with Gasteiger partial charge in [0.05, 0.1) is 11.1 Å². The van der Waals surface area contributed by atoms with E-state index in [9.17, 15) is 23.2 Å². The van der Waals surface area contributed by atoms with Crippen LogP contribution < -0.4 is 5.32 Å². The number of rotatable bonds is 5. The highest BCUT2D eigenvalue weighted by molar-refractivity contribution is 6.22. The molecule has 1 N–H and O–H groups in total. The van der Waals surface area contributed by atoms with Gasteiger partial charge in [-0.3, -0.25) is 19.3 Å². The standard InChI is InChI=1S/C22H20F2N2O3/c1-21(2)11-22(21,16-8-7-13(23)9-17(16)24)12-25-18(27)10-26-19(28)14-5-3-4-6-15(14)20(26)29/h3-9H,10-12H2,1-2H3,(H,25,27). The van der Waals surface area contributed by atoms with Gasteiger partial charge in [0.2, 0.25) is 5.91 Å². The zero-order valence-corrected chi connectivity index (χ0v) is 16.1. The van der Waals surface area contributed by atoms with Crippen LogP contribution >= 0.6 is 0 Å². The monoisotopic (exact) mass is 398 g/mol. The van der Waals surface area contributed by atoms with E-state index in [-0.39, 0.29) is 23.1 Å². The van der Waals surface area contributed by atoms with Crippen LogP contribution in [0.1, 0.15) is 46.5 Å². The second-order valence-corrected chi connectivity index (χ2v) is 8.29. The van der Waals surface area contributed by atoms with Crippen LogP contribution in [0.5, 0.6) is 0 Å². The van der Waals surface area contributed by atoms with Crippen molar-refractivity contribution in [2.24, 2.45) is 5.41 Å². The summed E-state index contributed by atoms with van der Waals surface area (Å²) in [6.07, 6.45) is 0.621. The Labute approximate surface area is 166 Å². The number of hydrogen-bond donors (Lipinski definition) is 1. The lowest BCUT2D eigenvalue weighted by Gasteiger charge is -2.23. The number of carbonyl (C=O) groups is 3. The zero-order valence-electron chi connectivity index (χ0n) is 16.1. The summed E-state index contributed by atoms with van der Waals surface area (Å²) in [5.74, 6) is -2.83. The molecule has 1 unspecified atom stereocenters. The van der Waals surface area contributed by atoms with Gasteiger partial charge in [-0.15, -0.1) is 0 Å². The van der Waals surface area contributed by atoms with Gasteiger partial charge in [0.15, 0.2) is 0 Å². The number of nitrogens with one attached hydrogen (secondary N) is 1. The summed E-state index contributed by atoms with van der Waals surface area (Å²) in [5, 5.41) is 2.73. The Kier molecular flexibility index (Phi) is 4.29. The molecule has 0 aromatic heterocycles. The normalized spacial score (nSPS) is 21.9. The smallest absolute Gasteiger partial charge is 0.262 e. The van der Waals surface area contributed by atoms with Crippen LogP contribution in [0.2, 0.25) is 0 Å². The summed E-state index contributed by atoms with van der Waals surface area (Å²) in [4.78, 5) is 38.2. The Morgan fingerprint density at radius 3 is 2.17 bits per heavy atom. The molecule has 29 heavy (non-hydrogen) atoms. The van der Waals surface area contributed by atoms with Crippen molar-refractivity contribution in [3.63, 3.8) is 0 Å². The van der Waals surface area contributed by atoms with Gasteiger partial charge in [0, 0.05) is 18.0 Å². The fourth-order valence-corrected chi connectivity index (χ4v) is 4.28. The quantitative estimate of drug-likeness (QED) is 0.788. The van der Waals surface area contributed by atoms with Crippen molar-refractivity contribution in [3.8, 4) is 0 Å². The molecule has 1 saturated carbocycles. The molecule has 3 amide bonds. The lowest BCUT2D eigenvalue weighted by atomic mass is 9.87. The Morgan fingerprint density at radius 1 is 1.07 bits per heavy atom. The first-order valence-electron chi connectivity index (χ1n) is 9.34. The molecule has 150 valence electrons. The van der Waals surface area contributed by atoms with Crippen LogP contribution in [0, 0.1) is 17.0 Å². The van der Waals surface area contributed by atoms with Gasteiger partial charge >= 0.3 is 0 Å². The Morgan fingerprint density at radius 2 is 1.66 bits per heavy atom. The average Bonchev–Trinajstić information content (AvgIpc) is 3.16. The van der Waals surface area contributed by atoms with Gasteiger partial charge < -0.3 is 5.32 Å². The highest BCUT2D eigenvalue weighted by Crippen LogP contribution is 2.64. The van der Waals surface area contributed by atoms with Crippen molar-refractivity contribution in [2.75, 3.05) is 13.1 Å². The molecular weight excluding hydrogens is 378 g/mol. The van der Waals surface area contributed by atoms with Crippen molar-refractivity contribution in [1.82, 2.24) is 10.2 Å². The molecule has 0 radical (unpaired) electrons. The minimum Gasteiger partial charge on any atom is -0.354 e. The predicted molar refractivity (Wildman–Crippen MR) is 101 cm³/mol. The second-order valence-electron chi connectivity index (χ2n) is 8.29. The summed E-state index contributed by atoms with van der Waals surface area (Å²) in [5.41, 5.74) is -0.0430. The Balaban J connectivity index is 1.47. The number of halogens is 2. The molecule has 1 heterocycles. The fraction of sp³-hybridized carbons (Fsp3) is 0.318. The number of hydrogen-bond acceptors (Lipinski definition) is 3. The molecule has 2 aliphatic rings. The molecule has 0 spiro atoms. The topological polar surface area (TPSA) is 66.5 Å². The first kappa shape index (κ1) is 19.2. The van der Waals surface area contributed by atoms with Crippen LogP contribution in [0.15, 0.2) is 42.5 Å². The van der Waals surface area contributed by atoms with E-state index in [2.05, 4.69) is 5.32 Å². The van der Waals surface area contributed by atoms with E-state index in [0.717, 1.165) is 11.0 Å². The molecule has 1 fully saturated rings. The summed E-state index contributed by atoms with van der Waals surface area (Å²) in [6.45, 7) is 3.62. The van der Waals surface area contributed by atoms with Gasteiger partial charge in [0.1, 0.15) is 18.2 Å². The van der Waals surface area contributed by atoms with E-state index in [4.69, 9.17) is 0 Å². The van der Waals surface area contributed by atoms with E-state index in [1.54, 1.807) is 24.3 Å². The van der Waals surface area contributed by atoms with Crippen LogP contribution in [-0.4, -0.2) is 35.7 Å². The maximum Gasteiger partial charge on any atom is 0.262 e. The third-order valence-electron chi connectivity index (χ3n) is 6.13. The van der Waals surface area contributed by atoms with E-state index < -0.39 is 41.3 Å². The SMILES string of the molecule is CC1(C)CC1(CNC(=O)CN1C(=O)c2ccccc2C1=O)c1ccc(F)cc1F. The first-order chi connectivity index (χ1) is 13.7. The molecule has 1 aliphatic heterocycles. The van der Waals surface area contributed by atoms with Crippen LogP contribution in [0.3, 0.4) is 0 Å². The molecule has 4 rings (SSSR count). The molecular formula is C22H20F2N2O3. The number of nitrogens with zero attached hydrogens (tertiary/aromatic N) is 1. The molecule has 5 nitrogen and oxygen atoms in total. The fourth-order valence-electron chi connectivity index (χ4n) is 4.28. The van der Waals surface area contributed by atoms with E-state index in [1.807, 2.05) is 13.8 Å². The van der Waals surface area contributed by atoms with Gasteiger partial charge in [0.25, 0.3) is 11.8 Å². The summed E-state index contributed by atoms with van der Waals surface area (Å²) < 4.78 is 27.7. The van der Waals surface area contributed by atoms with Crippen LogP contribution in [-0.2, 0) is 10.2 Å². The van der Waals surface area contributed by atoms with Crippen LogP contribution in [0.25, 0.3) is 0 Å². The predicted octanol–water partition coefficient (Wildman–Crippen LogP) is 3.04. The Hall–Kier alpha value is -3.09. The highest BCUT2D eigenvalue weighted by Gasteiger charge is 2.62. The maximum atomic E-state index is 14.4. The van der Waals surface area contributed by atoms with Crippen molar-refractivity contribution in [1.29, 1.82) is 0 Å². The molecule has 1 aliphatic carbocycles. The van der Waals surface area contributed by atoms with Gasteiger partial charge in [-0.1, -0.05) is 32.0 Å². The number of benzene rings is 2. The van der Waals surface area contributed by atoms with Crippen molar-refractivity contribution < 1.29 is 23.2 Å². The second kappa shape index (κ2) is 6.47. The third kappa shape index (κ3) is 3.01. The molecule has 2 aromatic rings. The lowest BCUT2D eigenvalue weighted by molar-refractivity contribution is -0.121. The minimum absolute atomic E-state index is 0.130. The highest BCUT2D eigenvalue weighted by atomic mass is 19.1. The maximum absolute atomic E-state index is 14.4. The molecule has 2 aromatic carbocycles. The zero-order chi connectivity index (χ0) is 21.0. The van der Waals surface area contributed by atoms with Gasteiger partial charge in [-0.2, -0.15) is 0 Å². The summed E-state index contributed by atoms with van der Waals surface area (Å²) in [6, 6.07) is 9.86. The summed E-state index contributed by atoms with van der Waals surface area (Å²) >= 11 is 0. The minimum atomic E-state index is -0.664. The van der Waals surface area contributed by atoms with Crippen molar-refractivity contribution >= 4 is 17.7 Å². The number of fused-ring (bicyclic) bond motifs is 1. The molecule has 0 saturated heterocycles. The Bertz CT molecular complexity index is 1020. The first-order valence-corrected chi connectivity index (χ1v) is 9.34. The lowest BCUT2D eigenvalue weighted by Crippen LogP contribution is -2.43. The van der Waals surface area contributed by atoms with Crippen molar-refractivity contribution in [2.45, 2.75) is 25.7 Å². The molecule has 7 heteroatoms. The molecule has 0 bridgehead atoms.